The molecule has 3 rings (SSSR count). The molecule has 0 spiro atoms. The van der Waals surface area contributed by atoms with Crippen molar-refractivity contribution in [1.82, 2.24) is 5.32 Å². The van der Waals surface area contributed by atoms with E-state index >= 15 is 0 Å². The van der Waals surface area contributed by atoms with E-state index in [0.29, 0.717) is 12.1 Å². The van der Waals surface area contributed by atoms with Crippen molar-refractivity contribution >= 4 is 0 Å². The second-order valence-electron chi connectivity index (χ2n) is 6.40. The van der Waals surface area contributed by atoms with Gasteiger partial charge in [0.05, 0.1) is 6.10 Å². The van der Waals surface area contributed by atoms with Gasteiger partial charge < -0.3 is 10.4 Å². The molecule has 2 N–H and O–H groups in total. The molecule has 3 saturated carbocycles. The lowest BCUT2D eigenvalue weighted by Gasteiger charge is -2.31. The lowest BCUT2D eigenvalue weighted by Crippen LogP contribution is -2.45. The van der Waals surface area contributed by atoms with Crippen LogP contribution < -0.4 is 5.32 Å². The molecule has 6 atom stereocenters. The van der Waals surface area contributed by atoms with E-state index in [1.807, 2.05) is 0 Å². The van der Waals surface area contributed by atoms with Crippen LogP contribution in [0.4, 0.5) is 0 Å². The van der Waals surface area contributed by atoms with Gasteiger partial charge in [-0.1, -0.05) is 6.42 Å². The van der Waals surface area contributed by atoms with Crippen LogP contribution in [0.3, 0.4) is 0 Å². The van der Waals surface area contributed by atoms with Crippen molar-refractivity contribution in [1.29, 1.82) is 0 Å². The van der Waals surface area contributed by atoms with Crippen molar-refractivity contribution in [2.24, 2.45) is 17.8 Å². The molecule has 0 radical (unpaired) electrons. The van der Waals surface area contributed by atoms with Crippen LogP contribution in [0.15, 0.2) is 0 Å². The Morgan fingerprint density at radius 3 is 2.56 bits per heavy atom. The fraction of sp³-hybridized carbons (Fsp3) is 1.00. The fourth-order valence-electron chi connectivity index (χ4n) is 4.50. The zero-order valence-corrected chi connectivity index (χ0v) is 10.4. The monoisotopic (exact) mass is 223 g/mol. The minimum absolute atomic E-state index is 0.0824. The Labute approximate surface area is 98.8 Å². The van der Waals surface area contributed by atoms with Gasteiger partial charge in [0.2, 0.25) is 0 Å². The van der Waals surface area contributed by atoms with Crippen molar-refractivity contribution in [3.05, 3.63) is 0 Å². The van der Waals surface area contributed by atoms with Gasteiger partial charge in [0.15, 0.2) is 0 Å². The van der Waals surface area contributed by atoms with Gasteiger partial charge in [-0.2, -0.15) is 0 Å². The number of fused-ring (bicyclic) bond motifs is 2. The Bertz CT molecular complexity index is 255. The molecule has 0 saturated heterocycles. The lowest BCUT2D eigenvalue weighted by atomic mass is 9.83. The Morgan fingerprint density at radius 1 is 1.12 bits per heavy atom. The Balaban J connectivity index is 1.55. The first-order chi connectivity index (χ1) is 7.74. The highest BCUT2D eigenvalue weighted by Crippen LogP contribution is 2.49. The summed E-state index contributed by atoms with van der Waals surface area (Å²) in [5.41, 5.74) is 0. The molecule has 92 valence electrons. The zero-order valence-electron chi connectivity index (χ0n) is 10.4. The third-order valence-corrected chi connectivity index (χ3v) is 5.39. The minimum Gasteiger partial charge on any atom is -0.392 e. The summed E-state index contributed by atoms with van der Waals surface area (Å²) >= 11 is 0. The number of hydrogen-bond donors (Lipinski definition) is 2. The molecule has 2 bridgehead atoms. The molecule has 0 aromatic carbocycles. The van der Waals surface area contributed by atoms with Gasteiger partial charge in [0, 0.05) is 12.1 Å². The predicted molar refractivity (Wildman–Crippen MR) is 65.2 cm³/mol. The van der Waals surface area contributed by atoms with E-state index in [1.54, 1.807) is 0 Å². The molecule has 0 amide bonds. The molecule has 0 aromatic rings. The molecule has 4 unspecified atom stereocenters. The first-order valence-electron chi connectivity index (χ1n) is 7.18. The molecular weight excluding hydrogens is 198 g/mol. The average molecular weight is 223 g/mol. The second-order valence-corrected chi connectivity index (χ2v) is 6.40. The molecule has 0 aromatic heterocycles. The van der Waals surface area contributed by atoms with Gasteiger partial charge in [-0.05, 0) is 63.2 Å². The predicted octanol–water partition coefficient (Wildman–Crippen LogP) is 2.31. The molecule has 3 fully saturated rings. The number of aliphatic hydroxyl groups is 1. The third kappa shape index (κ3) is 1.91. The van der Waals surface area contributed by atoms with E-state index in [0.717, 1.165) is 24.2 Å². The van der Waals surface area contributed by atoms with Crippen molar-refractivity contribution in [3.8, 4) is 0 Å². The fourth-order valence-corrected chi connectivity index (χ4v) is 4.50. The van der Waals surface area contributed by atoms with Crippen molar-refractivity contribution in [2.75, 3.05) is 0 Å². The molecule has 2 heteroatoms. The SMILES string of the molecule is CC(N[C@@H]1CCC[C@H]1O)C1CC2CCC1C2. The van der Waals surface area contributed by atoms with E-state index in [9.17, 15) is 5.11 Å². The summed E-state index contributed by atoms with van der Waals surface area (Å²) in [4.78, 5) is 0. The molecule has 3 aliphatic carbocycles. The normalized spacial score (nSPS) is 48.8. The van der Waals surface area contributed by atoms with E-state index in [-0.39, 0.29) is 6.10 Å². The average Bonchev–Trinajstić information content (AvgIpc) is 2.95. The Morgan fingerprint density at radius 2 is 2.00 bits per heavy atom. The summed E-state index contributed by atoms with van der Waals surface area (Å²) in [6.07, 6.45) is 9.18. The molecule has 16 heavy (non-hydrogen) atoms. The van der Waals surface area contributed by atoms with Crippen LogP contribution in [0.25, 0.3) is 0 Å². The topological polar surface area (TPSA) is 32.3 Å². The molecule has 0 heterocycles. The van der Waals surface area contributed by atoms with Crippen LogP contribution in [-0.4, -0.2) is 23.3 Å². The van der Waals surface area contributed by atoms with Gasteiger partial charge in [-0.3, -0.25) is 0 Å². The van der Waals surface area contributed by atoms with Crippen LogP contribution in [0.5, 0.6) is 0 Å². The van der Waals surface area contributed by atoms with Crippen LogP contribution in [0.2, 0.25) is 0 Å². The summed E-state index contributed by atoms with van der Waals surface area (Å²) in [5.74, 6) is 2.92. The standard InChI is InChI=1S/C14H25NO/c1-9(15-13-3-2-4-14(13)16)12-8-10-5-6-11(12)7-10/h9-16H,2-8H2,1H3/t9?,10?,11?,12?,13-,14-/m1/s1. The number of hydrogen-bond acceptors (Lipinski definition) is 2. The lowest BCUT2D eigenvalue weighted by molar-refractivity contribution is 0.131. The smallest absolute Gasteiger partial charge is 0.0693 e. The van der Waals surface area contributed by atoms with Gasteiger partial charge in [-0.15, -0.1) is 0 Å². The molecule has 3 aliphatic rings. The minimum atomic E-state index is -0.0824. The van der Waals surface area contributed by atoms with Crippen LogP contribution in [-0.2, 0) is 0 Å². The second kappa shape index (κ2) is 4.30. The maximum Gasteiger partial charge on any atom is 0.0693 e. The van der Waals surface area contributed by atoms with E-state index in [1.165, 1.54) is 38.5 Å². The van der Waals surface area contributed by atoms with Crippen LogP contribution in [0, 0.1) is 17.8 Å². The summed E-state index contributed by atoms with van der Waals surface area (Å²) < 4.78 is 0. The van der Waals surface area contributed by atoms with Gasteiger partial charge in [-0.25, -0.2) is 0 Å². The molecular formula is C14H25NO. The van der Waals surface area contributed by atoms with Gasteiger partial charge in [0.25, 0.3) is 0 Å². The van der Waals surface area contributed by atoms with E-state index in [4.69, 9.17) is 0 Å². The maximum absolute atomic E-state index is 9.85. The summed E-state index contributed by atoms with van der Waals surface area (Å²) in [6, 6.07) is 1.00. The number of rotatable bonds is 3. The van der Waals surface area contributed by atoms with E-state index in [2.05, 4.69) is 12.2 Å². The summed E-state index contributed by atoms with van der Waals surface area (Å²) in [7, 11) is 0. The zero-order chi connectivity index (χ0) is 11.1. The summed E-state index contributed by atoms with van der Waals surface area (Å²) in [6.45, 7) is 2.34. The Kier molecular flexibility index (Phi) is 2.97. The number of aliphatic hydroxyl groups excluding tert-OH is 1. The largest absolute Gasteiger partial charge is 0.392 e. The van der Waals surface area contributed by atoms with E-state index < -0.39 is 0 Å². The van der Waals surface area contributed by atoms with Crippen molar-refractivity contribution in [3.63, 3.8) is 0 Å². The van der Waals surface area contributed by atoms with Crippen molar-refractivity contribution < 1.29 is 5.11 Å². The highest BCUT2D eigenvalue weighted by atomic mass is 16.3. The first kappa shape index (κ1) is 11.0. The highest BCUT2D eigenvalue weighted by molar-refractivity contribution is 4.96. The summed E-state index contributed by atoms with van der Waals surface area (Å²) in [5, 5.41) is 13.6. The number of nitrogens with one attached hydrogen (secondary N) is 1. The van der Waals surface area contributed by atoms with Gasteiger partial charge in [0.1, 0.15) is 0 Å². The molecule has 0 aliphatic heterocycles. The third-order valence-electron chi connectivity index (χ3n) is 5.39. The van der Waals surface area contributed by atoms with Crippen molar-refractivity contribution in [2.45, 2.75) is 70.1 Å². The maximum atomic E-state index is 9.85. The first-order valence-corrected chi connectivity index (χ1v) is 7.18. The quantitative estimate of drug-likeness (QED) is 0.769. The van der Waals surface area contributed by atoms with Crippen LogP contribution >= 0.6 is 0 Å². The van der Waals surface area contributed by atoms with Gasteiger partial charge >= 0.3 is 0 Å². The molecule has 2 nitrogen and oxygen atoms in total. The highest BCUT2D eigenvalue weighted by Gasteiger charge is 2.42. The Hall–Kier alpha value is -0.0800. The van der Waals surface area contributed by atoms with Crippen LogP contribution in [0.1, 0.15) is 51.9 Å².